The fourth-order valence-corrected chi connectivity index (χ4v) is 3.96. The Balaban J connectivity index is 1.33. The molecule has 1 N–H and O–H groups in total. The predicted molar refractivity (Wildman–Crippen MR) is 126 cm³/mol. The third-order valence-electron chi connectivity index (χ3n) is 5.01. The van der Waals surface area contributed by atoms with Gasteiger partial charge in [-0.05, 0) is 52.7 Å². The Morgan fingerprint density at radius 1 is 1.06 bits per heavy atom. The molecule has 6 heteroatoms. The van der Waals surface area contributed by atoms with Crippen LogP contribution in [-0.4, -0.2) is 24.4 Å². The normalized spacial score (nSPS) is 11.4. The molecule has 0 atom stereocenters. The van der Waals surface area contributed by atoms with Gasteiger partial charge in [-0.3, -0.25) is 0 Å². The molecule has 0 bridgehead atoms. The second kappa shape index (κ2) is 9.59. The minimum absolute atomic E-state index is 0.0277. The lowest BCUT2D eigenvalue weighted by Gasteiger charge is -2.14. The Morgan fingerprint density at radius 3 is 2.39 bits per heavy atom. The molecule has 31 heavy (non-hydrogen) atoms. The summed E-state index contributed by atoms with van der Waals surface area (Å²) in [6, 6.07) is 21.6. The summed E-state index contributed by atoms with van der Waals surface area (Å²) in [6.07, 6.45) is -0.500. The zero-order chi connectivity index (χ0) is 21.6. The molecule has 0 saturated carbocycles. The lowest BCUT2D eigenvalue weighted by atomic mass is 9.98. The summed E-state index contributed by atoms with van der Waals surface area (Å²) >= 11 is 10.7. The molecule has 0 unspecified atom stereocenters. The first-order valence-corrected chi connectivity index (χ1v) is 10.4. The number of aliphatic imine (C=N–C) groups is 1. The number of carbonyl (C=O) groups is 1. The summed E-state index contributed by atoms with van der Waals surface area (Å²) in [7, 11) is 0. The molecule has 1 amide bonds. The van der Waals surface area contributed by atoms with Crippen LogP contribution in [0.5, 0.6) is 0 Å². The smallest absolute Gasteiger partial charge is 0.407 e. The van der Waals surface area contributed by atoms with Crippen molar-refractivity contribution in [3.05, 3.63) is 88.4 Å². The fourth-order valence-electron chi connectivity index (χ4n) is 3.64. The Kier molecular flexibility index (Phi) is 6.45. The largest absolute Gasteiger partial charge is 0.449 e. The van der Waals surface area contributed by atoms with Crippen molar-refractivity contribution in [3.8, 4) is 23.0 Å². The van der Waals surface area contributed by atoms with Gasteiger partial charge in [0.15, 0.2) is 0 Å². The van der Waals surface area contributed by atoms with Crippen molar-refractivity contribution in [2.75, 3.05) is 13.2 Å². The number of alkyl carbamates (subject to hydrolysis) is 1. The van der Waals surface area contributed by atoms with E-state index in [1.165, 1.54) is 22.3 Å². The van der Waals surface area contributed by atoms with Crippen LogP contribution in [0.15, 0.2) is 71.7 Å². The maximum Gasteiger partial charge on any atom is 0.407 e. The number of thiocarbonyl (C=S) groups is 1. The molecule has 0 heterocycles. The van der Waals surface area contributed by atoms with Crippen molar-refractivity contribution in [2.24, 2.45) is 4.99 Å². The van der Waals surface area contributed by atoms with Crippen molar-refractivity contribution in [1.29, 1.82) is 0 Å². The van der Waals surface area contributed by atoms with Crippen molar-refractivity contribution < 1.29 is 9.53 Å². The van der Waals surface area contributed by atoms with Gasteiger partial charge in [0.1, 0.15) is 6.61 Å². The molecule has 0 aromatic heterocycles. The van der Waals surface area contributed by atoms with Gasteiger partial charge in [-0.25, -0.2) is 4.79 Å². The monoisotopic (exact) mass is 444 g/mol. The van der Waals surface area contributed by atoms with Gasteiger partial charge in [0.25, 0.3) is 0 Å². The number of ether oxygens (including phenoxy) is 1. The topological polar surface area (TPSA) is 50.7 Å². The molecule has 0 saturated heterocycles. The van der Waals surface area contributed by atoms with Crippen LogP contribution >= 0.6 is 23.8 Å². The van der Waals surface area contributed by atoms with E-state index in [9.17, 15) is 4.79 Å². The Hall–Kier alpha value is -3.42. The second-order valence-electron chi connectivity index (χ2n) is 6.85. The van der Waals surface area contributed by atoms with Crippen molar-refractivity contribution in [1.82, 2.24) is 5.32 Å². The predicted octanol–water partition coefficient (Wildman–Crippen LogP) is 5.96. The molecular weight excluding hydrogens is 428 g/mol. The van der Waals surface area contributed by atoms with Gasteiger partial charge in [-0.1, -0.05) is 72.0 Å². The Morgan fingerprint density at radius 2 is 1.74 bits per heavy atom. The molecule has 0 fully saturated rings. The average Bonchev–Trinajstić information content (AvgIpc) is 3.11. The van der Waals surface area contributed by atoms with E-state index in [0.717, 1.165) is 0 Å². The van der Waals surface area contributed by atoms with Crippen LogP contribution in [0.25, 0.3) is 11.1 Å². The van der Waals surface area contributed by atoms with Crippen LogP contribution < -0.4 is 5.32 Å². The van der Waals surface area contributed by atoms with E-state index in [0.29, 0.717) is 16.3 Å². The first-order chi connectivity index (χ1) is 15.2. The summed E-state index contributed by atoms with van der Waals surface area (Å²) in [5.41, 5.74) is 5.99. The highest BCUT2D eigenvalue weighted by Gasteiger charge is 2.28. The van der Waals surface area contributed by atoms with Crippen LogP contribution in [0.2, 0.25) is 5.02 Å². The van der Waals surface area contributed by atoms with E-state index in [1.54, 1.807) is 18.2 Å². The SMILES string of the molecule is O=C(NCC#Cc1ccc(N=C=S)c(Cl)c1)OCC1c2ccccc2-c2ccccc21. The number of benzene rings is 3. The maximum atomic E-state index is 12.2. The highest BCUT2D eigenvalue weighted by Crippen LogP contribution is 2.44. The van der Waals surface area contributed by atoms with Gasteiger partial charge in [-0.2, -0.15) is 4.99 Å². The number of amides is 1. The van der Waals surface area contributed by atoms with Gasteiger partial charge in [0, 0.05) is 11.5 Å². The highest BCUT2D eigenvalue weighted by molar-refractivity contribution is 7.78. The summed E-state index contributed by atoms with van der Waals surface area (Å²) in [5.74, 6) is 5.85. The summed E-state index contributed by atoms with van der Waals surface area (Å²) in [4.78, 5) is 16.0. The lowest BCUT2D eigenvalue weighted by molar-refractivity contribution is 0.144. The van der Waals surface area contributed by atoms with Crippen LogP contribution in [0.3, 0.4) is 0 Å². The minimum atomic E-state index is -0.500. The molecule has 0 aliphatic heterocycles. The molecule has 0 radical (unpaired) electrons. The molecule has 4 nitrogen and oxygen atoms in total. The van der Waals surface area contributed by atoms with E-state index in [1.807, 2.05) is 24.3 Å². The van der Waals surface area contributed by atoms with Crippen LogP contribution in [0, 0.1) is 11.8 Å². The molecule has 1 aliphatic rings. The Labute approximate surface area is 190 Å². The van der Waals surface area contributed by atoms with Gasteiger partial charge < -0.3 is 10.1 Å². The van der Waals surface area contributed by atoms with Gasteiger partial charge in [0.05, 0.1) is 22.4 Å². The quantitative estimate of drug-likeness (QED) is 0.306. The maximum absolute atomic E-state index is 12.2. The van der Waals surface area contributed by atoms with Crippen LogP contribution in [0.1, 0.15) is 22.6 Å². The van der Waals surface area contributed by atoms with E-state index < -0.39 is 6.09 Å². The summed E-state index contributed by atoms with van der Waals surface area (Å²) < 4.78 is 5.49. The van der Waals surface area contributed by atoms with Crippen LogP contribution in [-0.2, 0) is 4.74 Å². The number of fused-ring (bicyclic) bond motifs is 3. The molecule has 1 aliphatic carbocycles. The van der Waals surface area contributed by atoms with Gasteiger partial charge >= 0.3 is 6.09 Å². The van der Waals surface area contributed by atoms with E-state index in [4.69, 9.17) is 16.3 Å². The number of rotatable bonds is 4. The number of hydrogen-bond donors (Lipinski definition) is 1. The number of nitrogens with zero attached hydrogens (tertiary/aromatic N) is 1. The first-order valence-electron chi connectivity index (χ1n) is 9.62. The molecule has 3 aromatic carbocycles. The molecular formula is C25H17ClN2O2S. The number of nitrogens with one attached hydrogen (secondary N) is 1. The molecule has 3 aromatic rings. The van der Waals surface area contributed by atoms with Crippen molar-refractivity contribution >= 4 is 40.8 Å². The number of carbonyl (C=O) groups excluding carboxylic acids is 1. The minimum Gasteiger partial charge on any atom is -0.449 e. The molecule has 4 rings (SSSR count). The van der Waals surface area contributed by atoms with Gasteiger partial charge in [0.2, 0.25) is 0 Å². The second-order valence-corrected chi connectivity index (χ2v) is 7.44. The third-order valence-corrected chi connectivity index (χ3v) is 5.41. The van der Waals surface area contributed by atoms with E-state index >= 15 is 0 Å². The van der Waals surface area contributed by atoms with E-state index in [2.05, 4.69) is 63.8 Å². The third kappa shape index (κ3) is 4.68. The summed E-state index contributed by atoms with van der Waals surface area (Å²) in [5, 5.41) is 5.38. The lowest BCUT2D eigenvalue weighted by Crippen LogP contribution is -2.26. The number of halogens is 1. The standard InChI is InChI=1S/C25H17ClN2O2S/c26-23-14-17(11-12-24(23)28-16-31)6-5-13-27-25(29)30-15-22-20-9-3-1-7-18(20)19-8-2-4-10-21(19)22/h1-4,7-12,14,22H,13,15H2,(H,27,29). The fraction of sp³-hybridized carbons (Fsp3) is 0.120. The summed E-state index contributed by atoms with van der Waals surface area (Å²) in [6.45, 7) is 0.429. The van der Waals surface area contributed by atoms with Crippen LogP contribution in [0.4, 0.5) is 10.5 Å². The first kappa shape index (κ1) is 20.8. The Bertz CT molecular complexity index is 1210. The zero-order valence-corrected chi connectivity index (χ0v) is 18.0. The number of hydrogen-bond acceptors (Lipinski definition) is 4. The number of isothiocyanates is 1. The van der Waals surface area contributed by atoms with Crippen molar-refractivity contribution in [3.63, 3.8) is 0 Å². The van der Waals surface area contributed by atoms with Gasteiger partial charge in [-0.15, -0.1) is 0 Å². The molecule has 152 valence electrons. The zero-order valence-electron chi connectivity index (χ0n) is 16.4. The molecule has 0 spiro atoms. The van der Waals surface area contributed by atoms with Crippen molar-refractivity contribution in [2.45, 2.75) is 5.92 Å². The average molecular weight is 445 g/mol. The van der Waals surface area contributed by atoms with E-state index in [-0.39, 0.29) is 19.1 Å². The highest BCUT2D eigenvalue weighted by atomic mass is 35.5.